The zero-order chi connectivity index (χ0) is 13.1. The van der Waals surface area contributed by atoms with Crippen LogP contribution in [-0.4, -0.2) is 6.29 Å². The lowest BCUT2D eigenvalue weighted by atomic mass is 10.1. The van der Waals surface area contributed by atoms with Crippen molar-refractivity contribution in [2.24, 2.45) is 0 Å². The number of carbonyl (C=O) groups is 1. The van der Waals surface area contributed by atoms with Crippen molar-refractivity contribution < 1.29 is 9.53 Å². The normalized spacial score (nSPS) is 10.2. The smallest absolute Gasteiger partial charge is 0.155 e. The van der Waals surface area contributed by atoms with Crippen molar-refractivity contribution in [3.63, 3.8) is 0 Å². The highest BCUT2D eigenvalue weighted by Crippen LogP contribution is 2.29. The van der Waals surface area contributed by atoms with E-state index in [4.69, 9.17) is 16.3 Å². The van der Waals surface area contributed by atoms with Crippen LogP contribution in [0.4, 0.5) is 0 Å². The number of hydrogen-bond donors (Lipinski definition) is 0. The van der Waals surface area contributed by atoms with Gasteiger partial charge in [0.15, 0.2) is 6.29 Å². The van der Waals surface area contributed by atoms with E-state index in [1.807, 2.05) is 26.0 Å². The van der Waals surface area contributed by atoms with Gasteiger partial charge in [0.05, 0.1) is 10.6 Å². The maximum atomic E-state index is 11.0. The monoisotopic (exact) mass is 260 g/mol. The lowest BCUT2D eigenvalue weighted by Crippen LogP contribution is -1.92. The molecule has 18 heavy (non-hydrogen) atoms. The van der Waals surface area contributed by atoms with Crippen molar-refractivity contribution >= 4 is 17.9 Å². The molecule has 0 N–H and O–H groups in total. The minimum atomic E-state index is 0.373. The minimum Gasteiger partial charge on any atom is -0.457 e. The number of rotatable bonds is 3. The van der Waals surface area contributed by atoms with E-state index in [1.54, 1.807) is 18.2 Å². The third-order valence-corrected chi connectivity index (χ3v) is 2.88. The molecule has 0 saturated carbocycles. The Labute approximate surface area is 111 Å². The first kappa shape index (κ1) is 12.7. The SMILES string of the molecule is Cc1cc(C)cc(Oc2cccc(Cl)c2C=O)c1. The van der Waals surface area contributed by atoms with Gasteiger partial charge in [-0.25, -0.2) is 0 Å². The first-order valence-electron chi connectivity index (χ1n) is 5.60. The van der Waals surface area contributed by atoms with Crippen LogP contribution in [0.1, 0.15) is 21.5 Å². The van der Waals surface area contributed by atoms with Gasteiger partial charge in [0.25, 0.3) is 0 Å². The maximum Gasteiger partial charge on any atom is 0.155 e. The molecule has 2 nitrogen and oxygen atoms in total. The summed E-state index contributed by atoms with van der Waals surface area (Å²) in [4.78, 5) is 11.0. The van der Waals surface area contributed by atoms with Crippen LogP contribution in [0.15, 0.2) is 36.4 Å². The fourth-order valence-corrected chi connectivity index (χ4v) is 2.05. The predicted molar refractivity (Wildman–Crippen MR) is 72.8 cm³/mol. The number of aryl methyl sites for hydroxylation is 2. The second kappa shape index (κ2) is 5.23. The summed E-state index contributed by atoms with van der Waals surface area (Å²) < 4.78 is 5.73. The fraction of sp³-hybridized carbons (Fsp3) is 0.133. The molecule has 0 saturated heterocycles. The molecule has 0 fully saturated rings. The maximum absolute atomic E-state index is 11.0. The number of ether oxygens (including phenoxy) is 1. The lowest BCUT2D eigenvalue weighted by molar-refractivity contribution is 0.112. The summed E-state index contributed by atoms with van der Waals surface area (Å²) in [5, 5.41) is 0.395. The van der Waals surface area contributed by atoms with Crippen molar-refractivity contribution in [3.05, 3.63) is 58.1 Å². The van der Waals surface area contributed by atoms with E-state index >= 15 is 0 Å². The average molecular weight is 261 g/mol. The van der Waals surface area contributed by atoms with Crippen LogP contribution >= 0.6 is 11.6 Å². The summed E-state index contributed by atoms with van der Waals surface area (Å²) in [5.74, 6) is 1.18. The van der Waals surface area contributed by atoms with Crippen LogP contribution < -0.4 is 4.74 Å². The molecule has 0 aliphatic rings. The van der Waals surface area contributed by atoms with Crippen molar-refractivity contribution in [1.29, 1.82) is 0 Å². The highest BCUT2D eigenvalue weighted by Gasteiger charge is 2.08. The van der Waals surface area contributed by atoms with Gasteiger partial charge in [-0.2, -0.15) is 0 Å². The Morgan fingerprint density at radius 1 is 1.11 bits per heavy atom. The number of hydrogen-bond acceptors (Lipinski definition) is 2. The summed E-state index contributed by atoms with van der Waals surface area (Å²) in [6.07, 6.45) is 0.709. The van der Waals surface area contributed by atoms with Crippen molar-refractivity contribution in [3.8, 4) is 11.5 Å². The quantitative estimate of drug-likeness (QED) is 0.756. The number of aldehydes is 1. The Morgan fingerprint density at radius 3 is 2.39 bits per heavy atom. The van der Waals surface area contributed by atoms with Gasteiger partial charge < -0.3 is 4.74 Å². The molecule has 2 aromatic carbocycles. The molecule has 0 aliphatic carbocycles. The number of halogens is 1. The third-order valence-electron chi connectivity index (χ3n) is 2.55. The Morgan fingerprint density at radius 2 is 1.78 bits per heavy atom. The van der Waals surface area contributed by atoms with E-state index in [1.165, 1.54) is 0 Å². The zero-order valence-corrected chi connectivity index (χ0v) is 11.0. The number of carbonyl (C=O) groups excluding carboxylic acids is 1. The summed E-state index contributed by atoms with van der Waals surface area (Å²) in [6.45, 7) is 4.00. The zero-order valence-electron chi connectivity index (χ0n) is 10.2. The molecule has 0 radical (unpaired) electrons. The molecule has 0 aromatic heterocycles. The van der Waals surface area contributed by atoms with Crippen LogP contribution in [0.2, 0.25) is 5.02 Å². The molecular weight excluding hydrogens is 248 g/mol. The van der Waals surface area contributed by atoms with Gasteiger partial charge in [0.2, 0.25) is 0 Å². The second-order valence-electron chi connectivity index (χ2n) is 4.19. The van der Waals surface area contributed by atoms with Crippen molar-refractivity contribution in [2.75, 3.05) is 0 Å². The summed E-state index contributed by atoms with van der Waals surface area (Å²) in [5.41, 5.74) is 2.60. The summed E-state index contributed by atoms with van der Waals surface area (Å²) in [7, 11) is 0. The Bertz CT molecular complexity index is 571. The van der Waals surface area contributed by atoms with Gasteiger partial charge in [-0.15, -0.1) is 0 Å². The Hall–Kier alpha value is -1.80. The first-order valence-corrected chi connectivity index (χ1v) is 5.98. The predicted octanol–water partition coefficient (Wildman–Crippen LogP) is 4.56. The van der Waals surface area contributed by atoms with Crippen LogP contribution in [0, 0.1) is 13.8 Å². The molecule has 92 valence electrons. The van der Waals surface area contributed by atoms with Gasteiger partial charge in [0.1, 0.15) is 11.5 Å². The van der Waals surface area contributed by atoms with E-state index in [0.717, 1.165) is 11.1 Å². The largest absolute Gasteiger partial charge is 0.457 e. The molecule has 0 atom stereocenters. The molecule has 0 spiro atoms. The molecule has 3 heteroatoms. The molecule has 2 aromatic rings. The van der Waals surface area contributed by atoms with Gasteiger partial charge in [-0.05, 0) is 49.2 Å². The van der Waals surface area contributed by atoms with Crippen LogP contribution in [-0.2, 0) is 0 Å². The van der Waals surface area contributed by atoms with Gasteiger partial charge in [-0.1, -0.05) is 23.7 Å². The van der Waals surface area contributed by atoms with Gasteiger partial charge in [0, 0.05) is 0 Å². The van der Waals surface area contributed by atoms with E-state index < -0.39 is 0 Å². The Kier molecular flexibility index (Phi) is 3.68. The van der Waals surface area contributed by atoms with E-state index in [0.29, 0.717) is 28.4 Å². The van der Waals surface area contributed by atoms with Gasteiger partial charge >= 0.3 is 0 Å². The highest BCUT2D eigenvalue weighted by atomic mass is 35.5. The molecule has 2 rings (SSSR count). The summed E-state index contributed by atoms with van der Waals surface area (Å²) in [6, 6.07) is 11.1. The van der Waals surface area contributed by atoms with Crippen molar-refractivity contribution in [1.82, 2.24) is 0 Å². The van der Waals surface area contributed by atoms with Crippen LogP contribution in [0.25, 0.3) is 0 Å². The average Bonchev–Trinajstić information content (AvgIpc) is 2.27. The third kappa shape index (κ3) is 2.71. The fourth-order valence-electron chi connectivity index (χ4n) is 1.84. The molecule has 0 unspecified atom stereocenters. The second-order valence-corrected chi connectivity index (χ2v) is 4.60. The van der Waals surface area contributed by atoms with E-state index in [2.05, 4.69) is 6.07 Å². The standard InChI is InChI=1S/C15H13ClO2/c1-10-6-11(2)8-12(7-10)18-15-5-3-4-14(16)13(15)9-17/h3-9H,1-2H3. The number of benzene rings is 2. The molecule has 0 bridgehead atoms. The molecule has 0 aliphatic heterocycles. The van der Waals surface area contributed by atoms with Crippen LogP contribution in [0.3, 0.4) is 0 Å². The topological polar surface area (TPSA) is 26.3 Å². The lowest BCUT2D eigenvalue weighted by Gasteiger charge is -2.10. The Balaban J connectivity index is 2.39. The first-order chi connectivity index (χ1) is 8.60. The molecule has 0 heterocycles. The highest BCUT2D eigenvalue weighted by molar-refractivity contribution is 6.33. The van der Waals surface area contributed by atoms with E-state index in [-0.39, 0.29) is 0 Å². The summed E-state index contributed by atoms with van der Waals surface area (Å²) >= 11 is 5.95. The van der Waals surface area contributed by atoms with Crippen molar-refractivity contribution in [2.45, 2.75) is 13.8 Å². The minimum absolute atomic E-state index is 0.373. The molecular formula is C15H13ClO2. The van der Waals surface area contributed by atoms with Gasteiger partial charge in [-0.3, -0.25) is 4.79 Å². The van der Waals surface area contributed by atoms with E-state index in [9.17, 15) is 4.79 Å². The molecule has 0 amide bonds. The van der Waals surface area contributed by atoms with Crippen LogP contribution in [0.5, 0.6) is 11.5 Å².